The molecule has 1 aromatic carbocycles. The van der Waals surface area contributed by atoms with Crippen LogP contribution in [0.15, 0.2) is 44.4 Å². The van der Waals surface area contributed by atoms with Crippen LogP contribution in [0, 0.1) is 0 Å². The van der Waals surface area contributed by atoms with E-state index in [9.17, 15) is 0 Å². The molecular formula is C10H11N3S2. The number of aliphatic imine (C=N–C) groups is 1. The maximum Gasteiger partial charge on any atom is 0.204 e. The molecule has 0 unspecified atom stereocenters. The van der Waals surface area contributed by atoms with E-state index < -0.39 is 0 Å². The fourth-order valence-corrected chi connectivity index (χ4v) is 2.26. The average Bonchev–Trinajstić information content (AvgIpc) is 2.79. The highest BCUT2D eigenvalue weighted by molar-refractivity contribution is 8.14. The number of benzene rings is 1. The zero-order valence-corrected chi connectivity index (χ0v) is 10.0. The van der Waals surface area contributed by atoms with Gasteiger partial charge in [-0.1, -0.05) is 17.8 Å². The molecule has 0 radical (unpaired) electrons. The van der Waals surface area contributed by atoms with E-state index >= 15 is 0 Å². The van der Waals surface area contributed by atoms with Crippen LogP contribution < -0.4 is 0 Å². The van der Waals surface area contributed by atoms with Crippen LogP contribution in [0.3, 0.4) is 0 Å². The standard InChI is InChI=1S/C10H11N3S2/c1-14-9-4-2-3-8(7-9)12-13-10-11-5-6-15-10/h2-4,7H,5-6H2,1H3. The first-order chi connectivity index (χ1) is 7.38. The van der Waals surface area contributed by atoms with Crippen molar-refractivity contribution in [3.8, 4) is 0 Å². The van der Waals surface area contributed by atoms with Gasteiger partial charge in [0, 0.05) is 10.6 Å². The van der Waals surface area contributed by atoms with Gasteiger partial charge in [-0.15, -0.1) is 22.0 Å². The van der Waals surface area contributed by atoms with E-state index in [4.69, 9.17) is 0 Å². The first kappa shape index (κ1) is 10.7. The molecule has 0 atom stereocenters. The second-order valence-electron chi connectivity index (χ2n) is 2.91. The molecule has 0 bridgehead atoms. The van der Waals surface area contributed by atoms with E-state index in [-0.39, 0.29) is 0 Å². The third kappa shape index (κ3) is 3.07. The molecule has 0 saturated carbocycles. The maximum atomic E-state index is 4.21. The van der Waals surface area contributed by atoms with E-state index in [1.54, 1.807) is 23.5 Å². The average molecular weight is 237 g/mol. The van der Waals surface area contributed by atoms with Crippen molar-refractivity contribution < 1.29 is 0 Å². The first-order valence-electron chi connectivity index (χ1n) is 4.61. The summed E-state index contributed by atoms with van der Waals surface area (Å²) in [6, 6.07) is 8.02. The Morgan fingerprint density at radius 1 is 1.40 bits per heavy atom. The lowest BCUT2D eigenvalue weighted by atomic mass is 10.3. The normalized spacial score (nSPS) is 15.9. The van der Waals surface area contributed by atoms with Gasteiger partial charge in [0.1, 0.15) is 0 Å². The van der Waals surface area contributed by atoms with Crippen LogP contribution in [-0.4, -0.2) is 23.7 Å². The number of thioether (sulfide) groups is 2. The lowest BCUT2D eigenvalue weighted by Crippen LogP contribution is -1.77. The van der Waals surface area contributed by atoms with Gasteiger partial charge in [-0.25, -0.2) is 0 Å². The van der Waals surface area contributed by atoms with Crippen molar-refractivity contribution in [1.29, 1.82) is 0 Å². The highest BCUT2D eigenvalue weighted by Crippen LogP contribution is 2.22. The second kappa shape index (κ2) is 5.32. The topological polar surface area (TPSA) is 37.1 Å². The fraction of sp³-hybridized carbons (Fsp3) is 0.300. The van der Waals surface area contributed by atoms with Crippen molar-refractivity contribution in [3.05, 3.63) is 24.3 Å². The molecule has 1 aliphatic rings. The van der Waals surface area contributed by atoms with Crippen molar-refractivity contribution in [2.45, 2.75) is 4.90 Å². The minimum atomic E-state index is 0.796. The zero-order chi connectivity index (χ0) is 10.5. The Kier molecular flexibility index (Phi) is 3.80. The quantitative estimate of drug-likeness (QED) is 0.582. The van der Waals surface area contributed by atoms with Crippen molar-refractivity contribution >= 4 is 34.4 Å². The molecule has 5 heteroatoms. The maximum absolute atomic E-state index is 4.21. The van der Waals surface area contributed by atoms with Crippen molar-refractivity contribution in [1.82, 2.24) is 0 Å². The summed E-state index contributed by atoms with van der Waals surface area (Å²) in [5.74, 6) is 1.03. The molecule has 0 aromatic heterocycles. The van der Waals surface area contributed by atoms with E-state index in [0.29, 0.717) is 0 Å². The lowest BCUT2D eigenvalue weighted by Gasteiger charge is -1.96. The summed E-state index contributed by atoms with van der Waals surface area (Å²) in [4.78, 5) is 5.41. The molecule has 0 aliphatic carbocycles. The van der Waals surface area contributed by atoms with Crippen LogP contribution in [-0.2, 0) is 0 Å². The Bertz CT molecular complexity index is 401. The van der Waals surface area contributed by atoms with Crippen molar-refractivity contribution in [2.24, 2.45) is 15.2 Å². The number of rotatable bonds is 2. The molecule has 0 N–H and O–H groups in total. The van der Waals surface area contributed by atoms with E-state index in [1.165, 1.54) is 4.90 Å². The molecular weight excluding hydrogens is 226 g/mol. The summed E-state index contributed by atoms with van der Waals surface area (Å²) in [5, 5.41) is 9.05. The number of hydrogen-bond donors (Lipinski definition) is 0. The van der Waals surface area contributed by atoms with Gasteiger partial charge in [0.2, 0.25) is 5.17 Å². The third-order valence-electron chi connectivity index (χ3n) is 1.87. The monoisotopic (exact) mass is 237 g/mol. The largest absolute Gasteiger partial charge is 0.258 e. The summed E-state index contributed by atoms with van der Waals surface area (Å²) in [6.07, 6.45) is 2.05. The number of amidine groups is 1. The smallest absolute Gasteiger partial charge is 0.204 e. The van der Waals surface area contributed by atoms with E-state index in [1.807, 2.05) is 24.5 Å². The fourth-order valence-electron chi connectivity index (χ4n) is 1.16. The molecule has 15 heavy (non-hydrogen) atoms. The molecule has 78 valence electrons. The number of azo groups is 1. The predicted molar refractivity (Wildman–Crippen MR) is 67.5 cm³/mol. The Labute approximate surface area is 97.5 Å². The Morgan fingerprint density at radius 3 is 3.07 bits per heavy atom. The minimum absolute atomic E-state index is 0.796. The van der Waals surface area contributed by atoms with Gasteiger partial charge >= 0.3 is 0 Å². The van der Waals surface area contributed by atoms with E-state index in [2.05, 4.69) is 21.3 Å². The lowest BCUT2D eigenvalue weighted by molar-refractivity contribution is 1.16. The summed E-state index contributed by atoms with van der Waals surface area (Å²) in [6.45, 7) is 0.865. The van der Waals surface area contributed by atoms with Crippen LogP contribution in [0.25, 0.3) is 0 Å². The van der Waals surface area contributed by atoms with Gasteiger partial charge < -0.3 is 0 Å². The zero-order valence-electron chi connectivity index (χ0n) is 8.38. The highest BCUT2D eigenvalue weighted by atomic mass is 32.2. The minimum Gasteiger partial charge on any atom is -0.258 e. The summed E-state index contributed by atoms with van der Waals surface area (Å²) < 4.78 is 0. The summed E-state index contributed by atoms with van der Waals surface area (Å²) in [5.41, 5.74) is 0.886. The van der Waals surface area contributed by atoms with Crippen molar-refractivity contribution in [2.75, 3.05) is 18.6 Å². The van der Waals surface area contributed by atoms with Crippen LogP contribution in [0.5, 0.6) is 0 Å². The van der Waals surface area contributed by atoms with Gasteiger partial charge in [0.15, 0.2) is 0 Å². The molecule has 1 heterocycles. The van der Waals surface area contributed by atoms with E-state index in [0.717, 1.165) is 23.2 Å². The van der Waals surface area contributed by atoms with Gasteiger partial charge in [-0.3, -0.25) is 4.99 Å². The Balaban J connectivity index is 2.09. The summed E-state index contributed by atoms with van der Waals surface area (Å²) in [7, 11) is 0. The molecule has 0 saturated heterocycles. The molecule has 0 spiro atoms. The second-order valence-corrected chi connectivity index (χ2v) is 4.86. The number of hydrogen-bond acceptors (Lipinski definition) is 5. The van der Waals surface area contributed by atoms with Gasteiger partial charge in [-0.05, 0) is 24.5 Å². The Hall–Kier alpha value is -0.810. The first-order valence-corrected chi connectivity index (χ1v) is 6.82. The molecule has 0 amide bonds. The summed E-state index contributed by atoms with van der Waals surface area (Å²) >= 11 is 3.36. The Morgan fingerprint density at radius 2 is 2.33 bits per heavy atom. The van der Waals surface area contributed by atoms with Crippen molar-refractivity contribution in [3.63, 3.8) is 0 Å². The van der Waals surface area contributed by atoms with Gasteiger partial charge in [-0.2, -0.15) is 0 Å². The molecule has 1 aliphatic heterocycles. The van der Waals surface area contributed by atoms with Gasteiger partial charge in [0.25, 0.3) is 0 Å². The van der Waals surface area contributed by atoms with Crippen LogP contribution in [0.2, 0.25) is 0 Å². The highest BCUT2D eigenvalue weighted by Gasteiger charge is 2.04. The molecule has 2 rings (SSSR count). The SMILES string of the molecule is CSc1cccc(N=NC2=NCCS2)c1. The number of nitrogens with zero attached hydrogens (tertiary/aromatic N) is 3. The van der Waals surface area contributed by atoms with Crippen LogP contribution >= 0.6 is 23.5 Å². The predicted octanol–water partition coefficient (Wildman–Crippen LogP) is 3.60. The molecule has 0 fully saturated rings. The third-order valence-corrected chi connectivity index (χ3v) is 3.45. The molecule has 3 nitrogen and oxygen atoms in total. The molecule has 1 aromatic rings. The van der Waals surface area contributed by atoms with Crippen LogP contribution in [0.1, 0.15) is 0 Å². The van der Waals surface area contributed by atoms with Gasteiger partial charge in [0.05, 0.1) is 12.2 Å². The van der Waals surface area contributed by atoms with Crippen LogP contribution in [0.4, 0.5) is 5.69 Å².